The van der Waals surface area contributed by atoms with Gasteiger partial charge in [0.1, 0.15) is 11.9 Å². The molecule has 1 aliphatic heterocycles. The first-order valence-corrected chi connectivity index (χ1v) is 11.4. The molecule has 0 radical (unpaired) electrons. The van der Waals surface area contributed by atoms with Crippen LogP contribution in [-0.4, -0.2) is 30.5 Å². The number of amides is 1. The number of aryl methyl sites for hydroxylation is 1. The minimum atomic E-state index is -0.457. The molecule has 5 nitrogen and oxygen atoms in total. The number of carbonyl (C=O) groups is 1. The maximum atomic E-state index is 13.2. The van der Waals surface area contributed by atoms with Crippen molar-refractivity contribution in [2.24, 2.45) is 5.92 Å². The van der Waals surface area contributed by atoms with Gasteiger partial charge in [-0.3, -0.25) is 4.79 Å². The molecule has 1 fully saturated rings. The van der Waals surface area contributed by atoms with Crippen molar-refractivity contribution in [2.75, 3.05) is 29.9 Å². The number of nitrogens with one attached hydrogen (secondary N) is 2. The molecule has 2 N–H and O–H groups in total. The van der Waals surface area contributed by atoms with Gasteiger partial charge >= 0.3 is 0 Å². The number of hydrogen-bond acceptors (Lipinski definition) is 4. The molecule has 0 saturated carbocycles. The van der Waals surface area contributed by atoms with Crippen LogP contribution < -0.4 is 15.5 Å². The second kappa shape index (κ2) is 9.96. The van der Waals surface area contributed by atoms with Crippen LogP contribution in [0.5, 0.6) is 0 Å². The number of pyridine rings is 1. The fourth-order valence-corrected chi connectivity index (χ4v) is 4.07. The molecule has 4 rings (SSSR count). The normalized spacial score (nSPS) is 15.7. The smallest absolute Gasteiger partial charge is 0.247 e. The van der Waals surface area contributed by atoms with Crippen LogP contribution in [0.15, 0.2) is 72.9 Å². The van der Waals surface area contributed by atoms with Crippen molar-refractivity contribution in [2.45, 2.75) is 32.7 Å². The van der Waals surface area contributed by atoms with Gasteiger partial charge in [-0.1, -0.05) is 74.0 Å². The van der Waals surface area contributed by atoms with Crippen LogP contribution in [0.4, 0.5) is 11.5 Å². The molecule has 0 bridgehead atoms. The summed E-state index contributed by atoms with van der Waals surface area (Å²) in [5.74, 6) is 1.48. The summed E-state index contributed by atoms with van der Waals surface area (Å²) >= 11 is 0. The molecule has 166 valence electrons. The average Bonchev–Trinajstić information content (AvgIpc) is 2.79. The lowest BCUT2D eigenvalue weighted by Crippen LogP contribution is -2.45. The molecule has 1 saturated heterocycles. The number of benzene rings is 2. The van der Waals surface area contributed by atoms with Crippen LogP contribution in [0, 0.1) is 12.8 Å². The van der Waals surface area contributed by atoms with E-state index in [4.69, 9.17) is 0 Å². The quantitative estimate of drug-likeness (QED) is 0.535. The summed E-state index contributed by atoms with van der Waals surface area (Å²) in [7, 11) is 0. The van der Waals surface area contributed by atoms with E-state index < -0.39 is 6.04 Å². The number of carbonyl (C=O) groups excluding carboxylic acids is 1. The predicted molar refractivity (Wildman–Crippen MR) is 131 cm³/mol. The Kier molecular flexibility index (Phi) is 6.86. The average molecular weight is 429 g/mol. The Balaban J connectivity index is 1.43. The van der Waals surface area contributed by atoms with Gasteiger partial charge in [-0.05, 0) is 42.0 Å². The van der Waals surface area contributed by atoms with Crippen molar-refractivity contribution in [1.82, 2.24) is 10.3 Å². The summed E-state index contributed by atoms with van der Waals surface area (Å²) < 4.78 is 0. The molecule has 2 atom stereocenters. The summed E-state index contributed by atoms with van der Waals surface area (Å²) in [5, 5.41) is 6.46. The lowest BCUT2D eigenvalue weighted by atomic mass is 9.98. The molecule has 3 aromatic rings. The van der Waals surface area contributed by atoms with E-state index in [1.54, 1.807) is 0 Å². The Morgan fingerprint density at radius 1 is 1.03 bits per heavy atom. The van der Waals surface area contributed by atoms with E-state index in [1.165, 1.54) is 11.1 Å². The Labute approximate surface area is 190 Å². The Hall–Kier alpha value is -3.18. The zero-order valence-electron chi connectivity index (χ0n) is 19.1. The summed E-state index contributed by atoms with van der Waals surface area (Å²) in [4.78, 5) is 20.0. The molecular formula is C27H32N4O. The first-order chi connectivity index (χ1) is 15.5. The molecule has 1 aromatic heterocycles. The second-order valence-corrected chi connectivity index (χ2v) is 8.96. The highest BCUT2D eigenvalue weighted by Gasteiger charge is 2.24. The van der Waals surface area contributed by atoms with Gasteiger partial charge in [0.25, 0.3) is 0 Å². The Bertz CT molecular complexity index is 1010. The van der Waals surface area contributed by atoms with Gasteiger partial charge in [-0.2, -0.15) is 0 Å². The van der Waals surface area contributed by atoms with Crippen molar-refractivity contribution in [1.29, 1.82) is 0 Å². The molecule has 0 spiro atoms. The van der Waals surface area contributed by atoms with Gasteiger partial charge in [-0.25, -0.2) is 4.98 Å². The fourth-order valence-electron chi connectivity index (χ4n) is 4.07. The first kappa shape index (κ1) is 22.0. The summed E-state index contributed by atoms with van der Waals surface area (Å²) in [6.45, 7) is 9.32. The van der Waals surface area contributed by atoms with E-state index in [0.29, 0.717) is 12.4 Å². The number of aromatic nitrogens is 1. The van der Waals surface area contributed by atoms with Gasteiger partial charge in [0, 0.05) is 19.6 Å². The molecule has 2 heterocycles. The first-order valence-electron chi connectivity index (χ1n) is 11.4. The molecule has 32 heavy (non-hydrogen) atoms. The lowest BCUT2D eigenvalue weighted by Gasteiger charge is -2.38. The molecule has 0 aliphatic carbocycles. The number of anilines is 2. The molecule has 1 aliphatic rings. The van der Waals surface area contributed by atoms with E-state index >= 15 is 0 Å². The monoisotopic (exact) mass is 428 g/mol. The fraction of sp³-hybridized carbons (Fsp3) is 0.333. The summed E-state index contributed by atoms with van der Waals surface area (Å²) in [6.07, 6.45) is 1.84. The van der Waals surface area contributed by atoms with Crippen LogP contribution in [0.1, 0.15) is 42.5 Å². The van der Waals surface area contributed by atoms with E-state index in [0.717, 1.165) is 30.3 Å². The van der Waals surface area contributed by atoms with E-state index in [9.17, 15) is 4.79 Å². The van der Waals surface area contributed by atoms with Gasteiger partial charge in [0.2, 0.25) is 5.91 Å². The maximum absolute atomic E-state index is 13.2. The van der Waals surface area contributed by atoms with Crippen molar-refractivity contribution in [3.63, 3.8) is 0 Å². The standard InChI is InChI=1S/C27H32N4O/c1-19-9-11-22(12-10-19)21(3)15-29-26(23-7-5-4-6-8-23)27(32)30-25-14-13-24(16-28-25)31-17-20(2)18-31/h4-14,16,20-21,26,29H,15,17-18H2,1-3H3,(H,28,30,32)/t21-,26+/m1/s1. The van der Waals surface area contributed by atoms with Crippen LogP contribution in [0.3, 0.4) is 0 Å². The minimum Gasteiger partial charge on any atom is -0.370 e. The van der Waals surface area contributed by atoms with Crippen molar-refractivity contribution in [3.8, 4) is 0 Å². The highest BCUT2D eigenvalue weighted by atomic mass is 16.2. The highest BCUT2D eigenvalue weighted by Crippen LogP contribution is 2.25. The maximum Gasteiger partial charge on any atom is 0.247 e. The molecule has 5 heteroatoms. The van der Waals surface area contributed by atoms with E-state index in [1.807, 2.05) is 48.7 Å². The van der Waals surface area contributed by atoms with Crippen LogP contribution in [-0.2, 0) is 4.79 Å². The van der Waals surface area contributed by atoms with Crippen LogP contribution in [0.2, 0.25) is 0 Å². The van der Waals surface area contributed by atoms with Crippen LogP contribution >= 0.6 is 0 Å². The summed E-state index contributed by atoms with van der Waals surface area (Å²) in [6, 6.07) is 21.9. The number of rotatable bonds is 8. The van der Waals surface area contributed by atoms with Crippen LogP contribution in [0.25, 0.3) is 0 Å². The molecule has 2 aromatic carbocycles. The Morgan fingerprint density at radius 3 is 2.38 bits per heavy atom. The van der Waals surface area contributed by atoms with Gasteiger partial charge in [0.15, 0.2) is 0 Å². The van der Waals surface area contributed by atoms with Gasteiger partial charge < -0.3 is 15.5 Å². The Morgan fingerprint density at radius 2 is 1.75 bits per heavy atom. The van der Waals surface area contributed by atoms with Crippen molar-refractivity contribution >= 4 is 17.4 Å². The third-order valence-corrected chi connectivity index (χ3v) is 6.10. The largest absolute Gasteiger partial charge is 0.370 e. The predicted octanol–water partition coefficient (Wildman–Crippen LogP) is 4.92. The number of hydrogen-bond donors (Lipinski definition) is 2. The topological polar surface area (TPSA) is 57.3 Å². The lowest BCUT2D eigenvalue weighted by molar-refractivity contribution is -0.118. The van der Waals surface area contributed by atoms with Gasteiger partial charge in [-0.15, -0.1) is 0 Å². The van der Waals surface area contributed by atoms with Crippen molar-refractivity contribution in [3.05, 3.63) is 89.6 Å². The SMILES string of the molecule is Cc1ccc([C@H](C)CN[C@H](C(=O)Nc2ccc(N3CC(C)C3)cn2)c2ccccc2)cc1. The third-order valence-electron chi connectivity index (χ3n) is 6.10. The zero-order valence-corrected chi connectivity index (χ0v) is 19.1. The molecule has 1 amide bonds. The zero-order chi connectivity index (χ0) is 22.5. The second-order valence-electron chi connectivity index (χ2n) is 8.96. The van der Waals surface area contributed by atoms with Crippen molar-refractivity contribution < 1.29 is 4.79 Å². The minimum absolute atomic E-state index is 0.106. The molecule has 0 unspecified atom stereocenters. The summed E-state index contributed by atoms with van der Waals surface area (Å²) in [5.41, 5.74) is 4.54. The van der Waals surface area contributed by atoms with E-state index in [2.05, 4.69) is 65.6 Å². The van der Waals surface area contributed by atoms with E-state index in [-0.39, 0.29) is 11.8 Å². The number of nitrogens with zero attached hydrogens (tertiary/aromatic N) is 2. The van der Waals surface area contributed by atoms with Gasteiger partial charge in [0.05, 0.1) is 11.9 Å². The highest BCUT2D eigenvalue weighted by molar-refractivity contribution is 5.94. The molecular weight excluding hydrogens is 396 g/mol. The third kappa shape index (κ3) is 5.35.